The Morgan fingerprint density at radius 3 is 2.60 bits per heavy atom. The van der Waals surface area contributed by atoms with Gasteiger partial charge in [-0.1, -0.05) is 6.92 Å². The molecule has 82 valence electrons. The van der Waals surface area contributed by atoms with Crippen molar-refractivity contribution in [2.75, 3.05) is 5.32 Å². The number of carbonyl (C=O) groups excluding carboxylic acids is 1. The van der Waals surface area contributed by atoms with Crippen molar-refractivity contribution in [1.82, 2.24) is 0 Å². The number of amides is 1. The molecule has 0 spiro atoms. The lowest BCUT2D eigenvalue weighted by atomic mass is 10.3. The maximum Gasteiger partial charge on any atom is 0.411 e. The Kier molecular flexibility index (Phi) is 3.97. The third-order valence-corrected chi connectivity index (χ3v) is 2.00. The minimum atomic E-state index is -0.477. The molecule has 0 aliphatic rings. The van der Waals surface area contributed by atoms with Crippen LogP contribution in [-0.2, 0) is 4.74 Å². The predicted molar refractivity (Wildman–Crippen MR) is 58.0 cm³/mol. The number of phenols is 1. The highest BCUT2D eigenvalue weighted by molar-refractivity contribution is 5.84. The van der Waals surface area contributed by atoms with Gasteiger partial charge in [-0.25, -0.2) is 4.79 Å². The number of ether oxygens (including phenoxy) is 1. The maximum atomic E-state index is 11.3. The van der Waals surface area contributed by atoms with Gasteiger partial charge in [-0.15, -0.1) is 0 Å². The zero-order valence-corrected chi connectivity index (χ0v) is 8.86. The molecule has 1 amide bonds. The molecule has 0 aliphatic carbocycles. The standard InChI is InChI=1S/C11H15NO3/c1-3-8(2)15-11(14)12-9-4-6-10(13)7-5-9/h4-8,13H,3H2,1-2H3,(H,12,14). The van der Waals surface area contributed by atoms with Gasteiger partial charge in [-0.3, -0.25) is 5.32 Å². The van der Waals surface area contributed by atoms with Crippen LogP contribution in [0.3, 0.4) is 0 Å². The highest BCUT2D eigenvalue weighted by atomic mass is 16.6. The summed E-state index contributed by atoms with van der Waals surface area (Å²) in [5.41, 5.74) is 0.598. The molecular weight excluding hydrogens is 194 g/mol. The van der Waals surface area contributed by atoms with Gasteiger partial charge in [0.25, 0.3) is 0 Å². The van der Waals surface area contributed by atoms with E-state index in [0.717, 1.165) is 6.42 Å². The highest BCUT2D eigenvalue weighted by Crippen LogP contribution is 2.14. The normalized spacial score (nSPS) is 11.9. The minimum absolute atomic E-state index is 0.0953. The Hall–Kier alpha value is -1.71. The second-order valence-corrected chi connectivity index (χ2v) is 3.30. The van der Waals surface area contributed by atoms with Crippen molar-refractivity contribution in [3.8, 4) is 5.75 Å². The summed E-state index contributed by atoms with van der Waals surface area (Å²) >= 11 is 0. The molecule has 1 atom stereocenters. The van der Waals surface area contributed by atoms with Gasteiger partial charge in [0.2, 0.25) is 0 Å². The molecule has 0 saturated heterocycles. The van der Waals surface area contributed by atoms with E-state index >= 15 is 0 Å². The lowest BCUT2D eigenvalue weighted by molar-refractivity contribution is 0.118. The molecule has 0 heterocycles. The fourth-order valence-electron chi connectivity index (χ4n) is 0.958. The van der Waals surface area contributed by atoms with E-state index in [2.05, 4.69) is 5.32 Å². The predicted octanol–water partition coefficient (Wildman–Crippen LogP) is 2.74. The van der Waals surface area contributed by atoms with E-state index in [0.29, 0.717) is 5.69 Å². The number of carbonyl (C=O) groups is 1. The van der Waals surface area contributed by atoms with Crippen LogP contribution in [0.1, 0.15) is 20.3 Å². The Balaban J connectivity index is 2.48. The monoisotopic (exact) mass is 209 g/mol. The highest BCUT2D eigenvalue weighted by Gasteiger charge is 2.07. The molecule has 2 N–H and O–H groups in total. The van der Waals surface area contributed by atoms with Crippen LogP contribution in [0.15, 0.2) is 24.3 Å². The largest absolute Gasteiger partial charge is 0.508 e. The number of hydrogen-bond donors (Lipinski definition) is 2. The zero-order chi connectivity index (χ0) is 11.3. The molecule has 0 aliphatic heterocycles. The summed E-state index contributed by atoms with van der Waals surface area (Å²) in [6, 6.07) is 6.21. The molecule has 15 heavy (non-hydrogen) atoms. The number of aromatic hydroxyl groups is 1. The van der Waals surface area contributed by atoms with Gasteiger partial charge in [0.1, 0.15) is 11.9 Å². The molecule has 0 saturated carbocycles. The number of hydrogen-bond acceptors (Lipinski definition) is 3. The van der Waals surface area contributed by atoms with Crippen molar-refractivity contribution in [3.63, 3.8) is 0 Å². The van der Waals surface area contributed by atoms with Gasteiger partial charge in [0.05, 0.1) is 0 Å². The second kappa shape index (κ2) is 5.24. The molecule has 4 heteroatoms. The van der Waals surface area contributed by atoms with Crippen molar-refractivity contribution < 1.29 is 14.6 Å². The zero-order valence-electron chi connectivity index (χ0n) is 8.86. The van der Waals surface area contributed by atoms with Gasteiger partial charge < -0.3 is 9.84 Å². The van der Waals surface area contributed by atoms with Crippen molar-refractivity contribution in [2.45, 2.75) is 26.4 Å². The topological polar surface area (TPSA) is 58.6 Å². The summed E-state index contributed by atoms with van der Waals surface area (Å²) in [4.78, 5) is 11.3. The van der Waals surface area contributed by atoms with E-state index in [1.165, 1.54) is 12.1 Å². The van der Waals surface area contributed by atoms with Crippen molar-refractivity contribution in [3.05, 3.63) is 24.3 Å². The number of rotatable bonds is 3. The van der Waals surface area contributed by atoms with Crippen LogP contribution in [0.4, 0.5) is 10.5 Å². The van der Waals surface area contributed by atoms with E-state index < -0.39 is 6.09 Å². The maximum absolute atomic E-state index is 11.3. The molecule has 0 radical (unpaired) electrons. The van der Waals surface area contributed by atoms with Crippen molar-refractivity contribution in [2.24, 2.45) is 0 Å². The summed E-state index contributed by atoms with van der Waals surface area (Å²) in [7, 11) is 0. The first-order valence-corrected chi connectivity index (χ1v) is 4.88. The summed E-state index contributed by atoms with van der Waals surface area (Å²) in [5.74, 6) is 0.163. The Bertz CT molecular complexity index is 321. The average Bonchev–Trinajstić information content (AvgIpc) is 2.21. The van der Waals surface area contributed by atoms with Crippen LogP contribution in [0.2, 0.25) is 0 Å². The smallest absolute Gasteiger partial charge is 0.411 e. The van der Waals surface area contributed by atoms with Crippen molar-refractivity contribution >= 4 is 11.8 Å². The molecule has 0 bridgehead atoms. The first kappa shape index (κ1) is 11.4. The molecule has 1 rings (SSSR count). The van der Waals surface area contributed by atoms with Crippen LogP contribution in [-0.4, -0.2) is 17.3 Å². The molecular formula is C11H15NO3. The van der Waals surface area contributed by atoms with Crippen LogP contribution >= 0.6 is 0 Å². The lowest BCUT2D eigenvalue weighted by Crippen LogP contribution is -2.19. The van der Waals surface area contributed by atoms with Crippen LogP contribution < -0.4 is 5.32 Å². The molecule has 0 fully saturated rings. The number of nitrogens with one attached hydrogen (secondary N) is 1. The molecule has 1 aromatic carbocycles. The molecule has 4 nitrogen and oxygen atoms in total. The molecule has 0 aromatic heterocycles. The first-order chi connectivity index (χ1) is 7.11. The lowest BCUT2D eigenvalue weighted by Gasteiger charge is -2.11. The fraction of sp³-hybridized carbons (Fsp3) is 0.364. The van der Waals surface area contributed by atoms with E-state index in [-0.39, 0.29) is 11.9 Å². The third-order valence-electron chi connectivity index (χ3n) is 2.00. The number of benzene rings is 1. The minimum Gasteiger partial charge on any atom is -0.508 e. The van der Waals surface area contributed by atoms with Gasteiger partial charge in [0.15, 0.2) is 0 Å². The average molecular weight is 209 g/mol. The summed E-state index contributed by atoms with van der Waals surface area (Å²) in [5, 5.41) is 11.6. The van der Waals surface area contributed by atoms with E-state index in [4.69, 9.17) is 9.84 Å². The van der Waals surface area contributed by atoms with Gasteiger partial charge >= 0.3 is 6.09 Å². The van der Waals surface area contributed by atoms with E-state index in [1.54, 1.807) is 12.1 Å². The summed E-state index contributed by atoms with van der Waals surface area (Å²) in [6.45, 7) is 3.77. The van der Waals surface area contributed by atoms with Crippen LogP contribution in [0.25, 0.3) is 0 Å². The van der Waals surface area contributed by atoms with Crippen molar-refractivity contribution in [1.29, 1.82) is 0 Å². The van der Waals surface area contributed by atoms with Gasteiger partial charge in [-0.05, 0) is 37.6 Å². The fourth-order valence-corrected chi connectivity index (χ4v) is 0.958. The van der Waals surface area contributed by atoms with E-state index in [1.807, 2.05) is 13.8 Å². The molecule has 1 aromatic rings. The molecule has 1 unspecified atom stereocenters. The van der Waals surface area contributed by atoms with Gasteiger partial charge in [0, 0.05) is 5.69 Å². The Labute approximate surface area is 88.9 Å². The van der Waals surface area contributed by atoms with Gasteiger partial charge in [-0.2, -0.15) is 0 Å². The first-order valence-electron chi connectivity index (χ1n) is 4.88. The van der Waals surface area contributed by atoms with E-state index in [9.17, 15) is 4.79 Å². The quantitative estimate of drug-likeness (QED) is 0.752. The number of anilines is 1. The van der Waals surface area contributed by atoms with Crippen LogP contribution in [0, 0.1) is 0 Å². The SMILES string of the molecule is CCC(C)OC(=O)Nc1ccc(O)cc1. The second-order valence-electron chi connectivity index (χ2n) is 3.30. The summed E-state index contributed by atoms with van der Waals surface area (Å²) in [6.07, 6.45) is 0.209. The Morgan fingerprint density at radius 2 is 2.07 bits per heavy atom. The van der Waals surface area contributed by atoms with Crippen LogP contribution in [0.5, 0.6) is 5.75 Å². The third kappa shape index (κ3) is 3.89. The Morgan fingerprint density at radius 1 is 1.47 bits per heavy atom. The number of phenolic OH excluding ortho intramolecular Hbond substituents is 1. The summed E-state index contributed by atoms with van der Waals surface area (Å²) < 4.78 is 5.02.